The SMILES string of the molecule is CC[C@H]1OC(=O)[C@H](C)[C@@H](OC(=O)Nc2ccccc2)[C@H](C)[C@@H](O[C@@H]2O[C@H](C)C[C@H](N(C)C)[C@H]2O)[C@](C)(O)C[C@@H](C)CN(C)[C@H](C)[C@H]2OC(=O)O[C@@]21C. The predicted octanol–water partition coefficient (Wildman–Crippen LogP) is 4.41. The highest BCUT2D eigenvalue weighted by molar-refractivity contribution is 5.85. The van der Waals surface area contributed by atoms with E-state index < -0.39 is 78.1 Å². The molecule has 14 heteroatoms. The Morgan fingerprint density at radius 2 is 1.73 bits per heavy atom. The lowest BCUT2D eigenvalue weighted by molar-refractivity contribution is -0.299. The lowest BCUT2D eigenvalue weighted by Crippen LogP contribution is -2.59. The summed E-state index contributed by atoms with van der Waals surface area (Å²) >= 11 is 0. The molecule has 0 radical (unpaired) electrons. The van der Waals surface area contributed by atoms with Gasteiger partial charge in [0.25, 0.3) is 0 Å². The van der Waals surface area contributed by atoms with Crippen LogP contribution in [-0.4, -0.2) is 132 Å². The Labute approximate surface area is 308 Å². The molecule has 0 aliphatic carbocycles. The fourth-order valence-electron chi connectivity index (χ4n) is 8.34. The molecular weight excluding hydrogens is 674 g/mol. The summed E-state index contributed by atoms with van der Waals surface area (Å²) in [7, 11) is 5.64. The van der Waals surface area contributed by atoms with Crippen molar-refractivity contribution in [3.63, 3.8) is 0 Å². The van der Waals surface area contributed by atoms with Gasteiger partial charge in [0.1, 0.15) is 18.3 Å². The van der Waals surface area contributed by atoms with E-state index in [0.717, 1.165) is 0 Å². The molecular formula is C38H61N3O11. The van der Waals surface area contributed by atoms with E-state index >= 15 is 0 Å². The minimum absolute atomic E-state index is 0.140. The van der Waals surface area contributed by atoms with Crippen LogP contribution in [0.3, 0.4) is 0 Å². The number of esters is 1. The smallest absolute Gasteiger partial charge is 0.458 e. The largest absolute Gasteiger partial charge is 0.509 e. The summed E-state index contributed by atoms with van der Waals surface area (Å²) in [5, 5.41) is 26.6. The lowest BCUT2D eigenvalue weighted by atomic mass is 9.77. The lowest BCUT2D eigenvalue weighted by Gasteiger charge is -2.47. The molecule has 0 aromatic heterocycles. The number of ether oxygens (including phenoxy) is 6. The Kier molecular flexibility index (Phi) is 13.6. The third-order valence-corrected chi connectivity index (χ3v) is 11.1. The number of cyclic esters (lactones) is 1. The molecule has 3 N–H and O–H groups in total. The highest BCUT2D eigenvalue weighted by Crippen LogP contribution is 2.40. The molecule has 1 aromatic rings. The van der Waals surface area contributed by atoms with Gasteiger partial charge in [-0.15, -0.1) is 0 Å². The third-order valence-electron chi connectivity index (χ3n) is 11.1. The number of para-hydroxylation sites is 1. The molecule has 1 aromatic carbocycles. The van der Waals surface area contributed by atoms with Crippen LogP contribution in [0, 0.1) is 17.8 Å². The number of nitrogens with one attached hydrogen (secondary N) is 1. The normalized spacial score (nSPS) is 41.1. The zero-order valence-corrected chi connectivity index (χ0v) is 32.6. The first-order valence-electron chi connectivity index (χ1n) is 18.5. The number of nitrogens with zero attached hydrogens (tertiary/aromatic N) is 2. The third kappa shape index (κ3) is 9.37. The van der Waals surface area contributed by atoms with Crippen LogP contribution in [0.25, 0.3) is 0 Å². The van der Waals surface area contributed by atoms with Crippen molar-refractivity contribution in [3.05, 3.63) is 30.3 Å². The molecule has 294 valence electrons. The maximum atomic E-state index is 14.2. The van der Waals surface area contributed by atoms with Gasteiger partial charge in [-0.05, 0) is 93.1 Å². The molecule has 14 atom stereocenters. The van der Waals surface area contributed by atoms with Gasteiger partial charge in [0, 0.05) is 30.2 Å². The number of hydrogen-bond donors (Lipinski definition) is 3. The summed E-state index contributed by atoms with van der Waals surface area (Å²) in [5.74, 6) is -2.80. The molecule has 3 fully saturated rings. The number of amides is 1. The fourth-order valence-corrected chi connectivity index (χ4v) is 8.34. The predicted molar refractivity (Wildman–Crippen MR) is 192 cm³/mol. The van der Waals surface area contributed by atoms with Gasteiger partial charge >= 0.3 is 18.2 Å². The van der Waals surface area contributed by atoms with Crippen molar-refractivity contribution < 1.29 is 53.0 Å². The monoisotopic (exact) mass is 735 g/mol. The van der Waals surface area contributed by atoms with Crippen molar-refractivity contribution in [2.24, 2.45) is 17.8 Å². The van der Waals surface area contributed by atoms with Crippen LogP contribution >= 0.6 is 0 Å². The maximum Gasteiger partial charge on any atom is 0.509 e. The van der Waals surface area contributed by atoms with E-state index in [9.17, 15) is 24.6 Å². The van der Waals surface area contributed by atoms with Crippen molar-refractivity contribution in [1.29, 1.82) is 0 Å². The molecule has 0 bridgehead atoms. The van der Waals surface area contributed by atoms with Gasteiger partial charge < -0.3 is 43.5 Å². The summed E-state index contributed by atoms with van der Waals surface area (Å²) in [4.78, 5) is 44.3. The zero-order chi connectivity index (χ0) is 38.7. The molecule has 14 nitrogen and oxygen atoms in total. The summed E-state index contributed by atoms with van der Waals surface area (Å²) in [6.45, 7) is 14.8. The van der Waals surface area contributed by atoms with Gasteiger partial charge in [0.05, 0.1) is 23.7 Å². The number of hydrogen-bond acceptors (Lipinski definition) is 13. The number of aliphatic hydroxyl groups excluding tert-OH is 1. The number of likely N-dealkylation sites (N-methyl/N-ethyl adjacent to an activating group) is 2. The molecule has 3 aliphatic heterocycles. The van der Waals surface area contributed by atoms with E-state index in [0.29, 0.717) is 25.1 Å². The Balaban J connectivity index is 1.80. The van der Waals surface area contributed by atoms with Crippen molar-refractivity contribution in [2.75, 3.05) is 33.0 Å². The molecule has 1 amide bonds. The van der Waals surface area contributed by atoms with E-state index in [-0.39, 0.29) is 30.5 Å². The molecule has 3 heterocycles. The minimum Gasteiger partial charge on any atom is -0.458 e. The van der Waals surface area contributed by atoms with Gasteiger partial charge in [-0.3, -0.25) is 15.0 Å². The van der Waals surface area contributed by atoms with Crippen LogP contribution in [0.1, 0.15) is 74.7 Å². The number of aliphatic hydroxyl groups is 2. The second kappa shape index (κ2) is 17.0. The van der Waals surface area contributed by atoms with E-state index in [1.807, 2.05) is 64.7 Å². The number of anilines is 1. The Morgan fingerprint density at radius 3 is 2.35 bits per heavy atom. The number of carbonyl (C=O) groups is 3. The highest BCUT2D eigenvalue weighted by Gasteiger charge is 2.58. The number of benzene rings is 1. The topological polar surface area (TPSA) is 166 Å². The second-order valence-corrected chi connectivity index (χ2v) is 15.9. The number of carbonyl (C=O) groups excluding carboxylic acids is 3. The zero-order valence-electron chi connectivity index (χ0n) is 32.6. The molecule has 4 rings (SSSR count). The van der Waals surface area contributed by atoms with Crippen molar-refractivity contribution in [1.82, 2.24) is 9.80 Å². The van der Waals surface area contributed by atoms with Gasteiger partial charge in [-0.2, -0.15) is 0 Å². The standard InChI is InChI=1S/C38H61N3O11/c1-12-28-38(8)32(51-36(45)52-38)25(6)41(11)20-21(2)19-37(7,46)31(50-34-29(42)27(40(9)10)18-22(3)47-34)23(4)30(24(5)33(43)48-28)49-35(44)39-26-16-14-13-15-17-26/h13-17,21-25,27-32,34,42,46H,12,18-20H2,1-11H3,(H,39,44)/t21-,22-,23+,24-,25-,27+,28-,29-,30+,31-,32-,34+,37-,38-/m1/s1. The average Bonchev–Trinajstić information content (AvgIpc) is 3.38. The molecule has 0 spiro atoms. The van der Waals surface area contributed by atoms with Crippen LogP contribution in [-0.2, 0) is 33.2 Å². The van der Waals surface area contributed by atoms with Gasteiger partial charge in [0.2, 0.25) is 0 Å². The number of rotatable bonds is 6. The van der Waals surface area contributed by atoms with Crippen LogP contribution in [0.2, 0.25) is 0 Å². The molecule has 52 heavy (non-hydrogen) atoms. The maximum absolute atomic E-state index is 14.2. The van der Waals surface area contributed by atoms with E-state index in [2.05, 4.69) is 5.32 Å². The van der Waals surface area contributed by atoms with Gasteiger partial charge in [-0.25, -0.2) is 9.59 Å². The van der Waals surface area contributed by atoms with Gasteiger partial charge in [-0.1, -0.05) is 39.0 Å². The summed E-state index contributed by atoms with van der Waals surface area (Å²) < 4.78 is 36.5. The van der Waals surface area contributed by atoms with Crippen LogP contribution in [0.15, 0.2) is 30.3 Å². The van der Waals surface area contributed by atoms with Crippen molar-refractivity contribution in [3.8, 4) is 0 Å². The van der Waals surface area contributed by atoms with Gasteiger partial charge in [0.15, 0.2) is 18.0 Å². The molecule has 3 aliphatic rings. The summed E-state index contributed by atoms with van der Waals surface area (Å²) in [6.07, 6.45) is -7.06. The minimum atomic E-state index is -1.59. The Morgan fingerprint density at radius 1 is 1.08 bits per heavy atom. The molecule has 3 saturated heterocycles. The van der Waals surface area contributed by atoms with Crippen LogP contribution < -0.4 is 5.32 Å². The first-order chi connectivity index (χ1) is 24.3. The quantitative estimate of drug-likeness (QED) is 0.278. The Hall–Kier alpha value is -3.01. The summed E-state index contributed by atoms with van der Waals surface area (Å²) in [6, 6.07) is 8.09. The summed E-state index contributed by atoms with van der Waals surface area (Å²) in [5.41, 5.74) is -2.43. The van der Waals surface area contributed by atoms with Crippen LogP contribution in [0.5, 0.6) is 0 Å². The second-order valence-electron chi connectivity index (χ2n) is 15.9. The van der Waals surface area contributed by atoms with Crippen molar-refractivity contribution >= 4 is 23.9 Å². The first-order valence-corrected chi connectivity index (χ1v) is 18.5. The van der Waals surface area contributed by atoms with Crippen molar-refractivity contribution in [2.45, 2.75) is 141 Å². The first kappa shape index (κ1) is 41.7. The molecule has 0 saturated carbocycles. The number of fused-ring (bicyclic) bond motifs is 1. The van der Waals surface area contributed by atoms with E-state index in [1.54, 1.807) is 52.0 Å². The Bertz CT molecular complexity index is 1360. The highest BCUT2D eigenvalue weighted by atomic mass is 16.8. The van der Waals surface area contributed by atoms with E-state index in [1.165, 1.54) is 0 Å². The molecule has 0 unspecified atom stereocenters. The average molecular weight is 736 g/mol. The van der Waals surface area contributed by atoms with E-state index in [4.69, 9.17) is 28.4 Å². The van der Waals surface area contributed by atoms with Crippen LogP contribution in [0.4, 0.5) is 15.3 Å². The fraction of sp³-hybridized carbons (Fsp3) is 0.763.